The van der Waals surface area contributed by atoms with Crippen molar-refractivity contribution in [2.24, 2.45) is 5.73 Å². The van der Waals surface area contributed by atoms with E-state index >= 15 is 0 Å². The fraction of sp³-hybridized carbons (Fsp3) is 0.333. The lowest BCUT2D eigenvalue weighted by molar-refractivity contribution is 0.180. The van der Waals surface area contributed by atoms with Gasteiger partial charge in [-0.1, -0.05) is 22.0 Å². The van der Waals surface area contributed by atoms with Crippen molar-refractivity contribution in [1.82, 2.24) is 0 Å². The molecule has 4 heteroatoms. The van der Waals surface area contributed by atoms with E-state index < -0.39 is 0 Å². The molecule has 0 aromatic heterocycles. The summed E-state index contributed by atoms with van der Waals surface area (Å²) in [6, 6.07) is 4.96. The molecule has 0 aliphatic rings. The predicted molar refractivity (Wildman–Crippen MR) is 54.6 cm³/mol. The van der Waals surface area contributed by atoms with Crippen molar-refractivity contribution in [2.75, 3.05) is 13.7 Å². The van der Waals surface area contributed by atoms with Crippen LogP contribution in [0.25, 0.3) is 0 Å². The van der Waals surface area contributed by atoms with Crippen LogP contribution in [0, 0.1) is 0 Å². The molecule has 0 spiro atoms. The first-order valence-corrected chi connectivity index (χ1v) is 4.67. The van der Waals surface area contributed by atoms with Crippen molar-refractivity contribution in [1.29, 1.82) is 0 Å². The Kier molecular flexibility index (Phi) is 3.71. The molecule has 1 atom stereocenters. The third-order valence-electron chi connectivity index (χ3n) is 1.74. The highest BCUT2D eigenvalue weighted by Gasteiger charge is 2.10. The van der Waals surface area contributed by atoms with E-state index in [1.54, 1.807) is 19.2 Å². The third-order valence-corrected chi connectivity index (χ3v) is 2.23. The summed E-state index contributed by atoms with van der Waals surface area (Å²) in [6.07, 6.45) is 0. The summed E-state index contributed by atoms with van der Waals surface area (Å²) >= 11 is 3.25. The molecule has 72 valence electrons. The van der Waals surface area contributed by atoms with Gasteiger partial charge in [0.05, 0.1) is 12.6 Å². The van der Waals surface area contributed by atoms with Gasteiger partial charge in [0.2, 0.25) is 0 Å². The number of benzene rings is 1. The van der Waals surface area contributed by atoms with Gasteiger partial charge in [-0.25, -0.2) is 0 Å². The van der Waals surface area contributed by atoms with Crippen LogP contribution in [0.2, 0.25) is 0 Å². The van der Waals surface area contributed by atoms with Crippen molar-refractivity contribution in [3.05, 3.63) is 28.2 Å². The summed E-state index contributed by atoms with van der Waals surface area (Å²) in [5.74, 6) is 0.193. The van der Waals surface area contributed by atoms with Crippen LogP contribution in [0.1, 0.15) is 11.6 Å². The number of nitrogens with two attached hydrogens (primary N) is 1. The van der Waals surface area contributed by atoms with Gasteiger partial charge in [0.25, 0.3) is 0 Å². The summed E-state index contributed by atoms with van der Waals surface area (Å²) < 4.78 is 5.73. The molecule has 3 N–H and O–H groups in total. The number of ether oxygens (including phenoxy) is 1. The van der Waals surface area contributed by atoms with Crippen LogP contribution < -0.4 is 5.73 Å². The molecule has 3 nitrogen and oxygen atoms in total. The highest BCUT2D eigenvalue weighted by atomic mass is 79.9. The van der Waals surface area contributed by atoms with Gasteiger partial charge in [0, 0.05) is 17.1 Å². The van der Waals surface area contributed by atoms with E-state index in [1.165, 1.54) is 0 Å². The van der Waals surface area contributed by atoms with E-state index in [9.17, 15) is 5.11 Å². The second kappa shape index (κ2) is 4.60. The predicted octanol–water partition coefficient (Wildman–Crippen LogP) is 1.80. The van der Waals surface area contributed by atoms with Crippen LogP contribution in [0.4, 0.5) is 0 Å². The minimum atomic E-state index is -0.280. The molecule has 1 aromatic rings. The number of rotatable bonds is 3. The molecule has 0 radical (unpaired) electrons. The fourth-order valence-electron chi connectivity index (χ4n) is 1.10. The Bertz CT molecular complexity index is 291. The van der Waals surface area contributed by atoms with Crippen molar-refractivity contribution in [3.63, 3.8) is 0 Å². The van der Waals surface area contributed by atoms with E-state index in [1.807, 2.05) is 6.07 Å². The van der Waals surface area contributed by atoms with E-state index in [4.69, 9.17) is 10.5 Å². The van der Waals surface area contributed by atoms with Crippen molar-refractivity contribution in [3.8, 4) is 5.75 Å². The summed E-state index contributed by atoms with van der Waals surface area (Å²) in [5.41, 5.74) is 6.46. The van der Waals surface area contributed by atoms with E-state index in [2.05, 4.69) is 15.9 Å². The number of phenolic OH excluding ortho intramolecular Hbond substituents is 1. The summed E-state index contributed by atoms with van der Waals surface area (Å²) in [5, 5.41) is 9.52. The topological polar surface area (TPSA) is 55.5 Å². The number of methoxy groups -OCH3 is 1. The molecule has 0 aliphatic carbocycles. The minimum Gasteiger partial charge on any atom is -0.508 e. The lowest BCUT2D eigenvalue weighted by Gasteiger charge is -2.12. The van der Waals surface area contributed by atoms with Crippen molar-refractivity contribution < 1.29 is 9.84 Å². The zero-order valence-electron chi connectivity index (χ0n) is 7.33. The van der Waals surface area contributed by atoms with Crippen LogP contribution in [0.5, 0.6) is 5.75 Å². The van der Waals surface area contributed by atoms with Gasteiger partial charge in [-0.15, -0.1) is 0 Å². The Labute approximate surface area is 85.6 Å². The fourth-order valence-corrected chi connectivity index (χ4v) is 1.45. The lowest BCUT2D eigenvalue weighted by atomic mass is 10.1. The summed E-state index contributed by atoms with van der Waals surface area (Å²) in [6.45, 7) is 0.398. The molecular weight excluding hydrogens is 234 g/mol. The third kappa shape index (κ3) is 2.69. The van der Waals surface area contributed by atoms with Crippen LogP contribution in [-0.4, -0.2) is 18.8 Å². The van der Waals surface area contributed by atoms with Gasteiger partial charge in [0.1, 0.15) is 5.75 Å². The quantitative estimate of drug-likeness (QED) is 0.854. The average molecular weight is 246 g/mol. The first kappa shape index (κ1) is 10.5. The molecule has 0 fully saturated rings. The number of hydrogen-bond acceptors (Lipinski definition) is 3. The van der Waals surface area contributed by atoms with Crippen LogP contribution in [-0.2, 0) is 4.74 Å². The molecule has 0 saturated heterocycles. The SMILES string of the molecule is COC[C@@H](N)c1ccc(Br)cc1O. The van der Waals surface area contributed by atoms with Gasteiger partial charge in [-0.05, 0) is 12.1 Å². The molecule has 0 aliphatic heterocycles. The minimum absolute atomic E-state index is 0.193. The van der Waals surface area contributed by atoms with E-state index in [0.29, 0.717) is 12.2 Å². The van der Waals surface area contributed by atoms with Crippen LogP contribution in [0.3, 0.4) is 0 Å². The molecule has 1 aromatic carbocycles. The Morgan fingerprint density at radius 1 is 1.62 bits per heavy atom. The number of aromatic hydroxyl groups is 1. The summed E-state index contributed by atoms with van der Waals surface area (Å²) in [4.78, 5) is 0. The second-order valence-electron chi connectivity index (χ2n) is 2.76. The maximum Gasteiger partial charge on any atom is 0.121 e. The summed E-state index contributed by atoms with van der Waals surface area (Å²) in [7, 11) is 1.58. The lowest BCUT2D eigenvalue weighted by Crippen LogP contribution is -2.16. The Morgan fingerprint density at radius 2 is 2.31 bits per heavy atom. The molecular formula is C9H12BrNO2. The molecule has 1 rings (SSSR count). The Balaban J connectivity index is 2.88. The van der Waals surface area contributed by atoms with Crippen molar-refractivity contribution >= 4 is 15.9 Å². The zero-order chi connectivity index (χ0) is 9.84. The van der Waals surface area contributed by atoms with E-state index in [-0.39, 0.29) is 11.8 Å². The average Bonchev–Trinajstić information content (AvgIpc) is 2.04. The van der Waals surface area contributed by atoms with Gasteiger partial charge in [-0.3, -0.25) is 0 Å². The monoisotopic (exact) mass is 245 g/mol. The zero-order valence-corrected chi connectivity index (χ0v) is 8.91. The smallest absolute Gasteiger partial charge is 0.121 e. The molecule has 0 amide bonds. The van der Waals surface area contributed by atoms with Crippen molar-refractivity contribution in [2.45, 2.75) is 6.04 Å². The van der Waals surface area contributed by atoms with E-state index in [0.717, 1.165) is 4.47 Å². The Morgan fingerprint density at radius 3 is 2.85 bits per heavy atom. The van der Waals surface area contributed by atoms with Gasteiger partial charge in [0.15, 0.2) is 0 Å². The Hall–Kier alpha value is -0.580. The normalized spacial score (nSPS) is 12.8. The maximum atomic E-state index is 9.52. The van der Waals surface area contributed by atoms with Gasteiger partial charge >= 0.3 is 0 Å². The standard InChI is InChI=1S/C9H12BrNO2/c1-13-5-8(11)7-3-2-6(10)4-9(7)12/h2-4,8,12H,5,11H2,1H3/t8-/m1/s1. The molecule has 0 bridgehead atoms. The molecule has 0 unspecified atom stereocenters. The van der Waals surface area contributed by atoms with Crippen LogP contribution >= 0.6 is 15.9 Å². The van der Waals surface area contributed by atoms with Gasteiger partial charge in [-0.2, -0.15) is 0 Å². The number of hydrogen-bond donors (Lipinski definition) is 2. The first-order valence-electron chi connectivity index (χ1n) is 3.88. The highest BCUT2D eigenvalue weighted by molar-refractivity contribution is 9.10. The largest absolute Gasteiger partial charge is 0.508 e. The first-order chi connectivity index (χ1) is 6.15. The molecule has 13 heavy (non-hydrogen) atoms. The maximum absolute atomic E-state index is 9.52. The number of halogens is 1. The molecule has 0 saturated carbocycles. The number of phenols is 1. The highest BCUT2D eigenvalue weighted by Crippen LogP contribution is 2.26. The van der Waals surface area contributed by atoms with Crippen LogP contribution in [0.15, 0.2) is 22.7 Å². The van der Waals surface area contributed by atoms with Gasteiger partial charge < -0.3 is 15.6 Å². The second-order valence-corrected chi connectivity index (χ2v) is 3.68. The molecule has 0 heterocycles.